The van der Waals surface area contributed by atoms with Crippen molar-refractivity contribution in [2.24, 2.45) is 5.92 Å². The van der Waals surface area contributed by atoms with Crippen LogP contribution in [0.5, 0.6) is 0 Å². The topological polar surface area (TPSA) is 91.7 Å². The zero-order valence-electron chi connectivity index (χ0n) is 19.1. The maximum Gasteiger partial charge on any atom is 0.322 e. The molecule has 2 aliphatic heterocycles. The lowest BCUT2D eigenvalue weighted by molar-refractivity contribution is -0.125. The highest BCUT2D eigenvalue weighted by Crippen LogP contribution is 2.36. The Bertz CT molecular complexity index is 1270. The van der Waals surface area contributed by atoms with E-state index in [2.05, 4.69) is 10.6 Å². The van der Waals surface area contributed by atoms with Crippen LogP contribution in [0.4, 0.5) is 4.79 Å². The van der Waals surface area contributed by atoms with Gasteiger partial charge in [0.15, 0.2) is 0 Å². The summed E-state index contributed by atoms with van der Waals surface area (Å²) < 4.78 is 5.70. The zero-order chi connectivity index (χ0) is 24.0. The lowest BCUT2D eigenvalue weighted by Gasteiger charge is -2.32. The number of nitrogens with one attached hydrogen (secondary N) is 2. The molecule has 2 saturated heterocycles. The summed E-state index contributed by atoms with van der Waals surface area (Å²) >= 11 is 6.18. The molecule has 0 bridgehead atoms. The van der Waals surface area contributed by atoms with Crippen LogP contribution in [0.1, 0.15) is 54.1 Å². The number of fused-ring (bicyclic) bond motifs is 1. The van der Waals surface area contributed by atoms with Crippen molar-refractivity contribution < 1.29 is 18.8 Å². The largest absolute Gasteiger partial charge is 0.464 e. The molecule has 1 aromatic heterocycles. The molecule has 1 atom stereocenters. The third-order valence-corrected chi connectivity index (χ3v) is 7.37. The van der Waals surface area contributed by atoms with Gasteiger partial charge in [-0.2, -0.15) is 0 Å². The molecule has 3 aromatic rings. The van der Waals surface area contributed by atoms with Crippen molar-refractivity contribution in [2.45, 2.75) is 38.1 Å². The summed E-state index contributed by atoms with van der Waals surface area (Å²) in [5.41, 5.74) is 2.06. The van der Waals surface area contributed by atoms with E-state index in [4.69, 9.17) is 16.0 Å². The fourth-order valence-electron chi connectivity index (χ4n) is 5.20. The van der Waals surface area contributed by atoms with Gasteiger partial charge in [-0.05, 0) is 60.6 Å². The Balaban J connectivity index is 1.29. The van der Waals surface area contributed by atoms with Crippen LogP contribution >= 0.6 is 11.6 Å². The maximum atomic E-state index is 13.2. The smallest absolute Gasteiger partial charge is 0.322 e. The molecule has 2 aliphatic rings. The Morgan fingerprint density at radius 2 is 1.82 bits per heavy atom. The van der Waals surface area contributed by atoms with Gasteiger partial charge in [0, 0.05) is 34.6 Å². The summed E-state index contributed by atoms with van der Waals surface area (Å²) in [4.78, 5) is 39.4. The minimum Gasteiger partial charge on any atom is -0.464 e. The first kappa shape index (κ1) is 22.5. The minimum atomic E-state index is -1.13. The van der Waals surface area contributed by atoms with Gasteiger partial charge < -0.3 is 14.6 Å². The molecule has 0 saturated carbocycles. The first-order chi connectivity index (χ1) is 16.3. The molecule has 5 rings (SSSR count). The molecule has 2 N–H and O–H groups in total. The standard InChI is InChI=1S/C26H26ClN3O4/c1-15(2)26(24(32)28-25(33)29-26)18-5-3-17(4-6-18)23(31)30-11-9-16(10-12-30)21-14-34-22-8-7-19(27)13-20(21)22/h3-8,13-16H,9-12H2,1-2H3,(H2,28,29,32,33). The van der Waals surface area contributed by atoms with Gasteiger partial charge in [0.25, 0.3) is 11.8 Å². The van der Waals surface area contributed by atoms with Gasteiger partial charge in [-0.25, -0.2) is 4.79 Å². The summed E-state index contributed by atoms with van der Waals surface area (Å²) in [6, 6.07) is 12.1. The van der Waals surface area contributed by atoms with E-state index < -0.39 is 11.6 Å². The average Bonchev–Trinajstić information content (AvgIpc) is 3.39. The quantitative estimate of drug-likeness (QED) is 0.526. The van der Waals surface area contributed by atoms with E-state index in [0.717, 1.165) is 29.4 Å². The lowest BCUT2D eigenvalue weighted by atomic mass is 9.79. The highest BCUT2D eigenvalue weighted by Gasteiger charge is 2.50. The van der Waals surface area contributed by atoms with Gasteiger partial charge in [0.1, 0.15) is 11.1 Å². The number of hydrogen-bond acceptors (Lipinski definition) is 4. The van der Waals surface area contributed by atoms with E-state index in [9.17, 15) is 14.4 Å². The monoisotopic (exact) mass is 479 g/mol. The highest BCUT2D eigenvalue weighted by molar-refractivity contribution is 6.31. The molecular weight excluding hydrogens is 454 g/mol. The van der Waals surface area contributed by atoms with Crippen LogP contribution in [0, 0.1) is 5.92 Å². The van der Waals surface area contributed by atoms with Crippen molar-refractivity contribution >= 4 is 40.4 Å². The molecule has 0 radical (unpaired) electrons. The van der Waals surface area contributed by atoms with Crippen molar-refractivity contribution in [2.75, 3.05) is 13.1 Å². The SMILES string of the molecule is CC(C)C1(c2ccc(C(=O)N3CCC(c4coc5ccc(Cl)cc45)CC3)cc2)NC(=O)NC1=O. The average molecular weight is 480 g/mol. The van der Waals surface area contributed by atoms with E-state index in [1.165, 1.54) is 0 Å². The predicted octanol–water partition coefficient (Wildman–Crippen LogP) is 4.80. The molecule has 8 heteroatoms. The number of amides is 4. The molecule has 3 heterocycles. The Morgan fingerprint density at radius 1 is 1.12 bits per heavy atom. The summed E-state index contributed by atoms with van der Waals surface area (Å²) in [5, 5.41) is 6.81. The first-order valence-corrected chi connectivity index (χ1v) is 11.9. The molecule has 2 fully saturated rings. The molecule has 0 aliphatic carbocycles. The van der Waals surface area contributed by atoms with Gasteiger partial charge in [0.05, 0.1) is 6.26 Å². The second-order valence-corrected chi connectivity index (χ2v) is 9.78. The molecule has 1 unspecified atom stereocenters. The van der Waals surface area contributed by atoms with Gasteiger partial charge in [0.2, 0.25) is 0 Å². The van der Waals surface area contributed by atoms with Crippen molar-refractivity contribution in [3.05, 3.63) is 70.4 Å². The Kier molecular flexibility index (Phi) is 5.60. The predicted molar refractivity (Wildman–Crippen MR) is 129 cm³/mol. The van der Waals surface area contributed by atoms with E-state index in [1.807, 2.05) is 43.2 Å². The molecule has 4 amide bonds. The molecule has 7 nitrogen and oxygen atoms in total. The number of furan rings is 1. The number of imide groups is 1. The fourth-order valence-corrected chi connectivity index (χ4v) is 5.37. The van der Waals surface area contributed by atoms with Gasteiger partial charge >= 0.3 is 6.03 Å². The Hall–Kier alpha value is -3.32. The van der Waals surface area contributed by atoms with Crippen LogP contribution < -0.4 is 10.6 Å². The lowest BCUT2D eigenvalue weighted by Crippen LogP contribution is -2.48. The van der Waals surface area contributed by atoms with Crippen LogP contribution in [0.15, 0.2) is 53.1 Å². The van der Waals surface area contributed by atoms with Crippen LogP contribution in [0.3, 0.4) is 0 Å². The van der Waals surface area contributed by atoms with Crippen LogP contribution in [0.25, 0.3) is 11.0 Å². The van der Waals surface area contributed by atoms with E-state index in [1.54, 1.807) is 24.3 Å². The number of carbonyl (C=O) groups is 3. The number of piperidine rings is 1. The van der Waals surface area contributed by atoms with Crippen molar-refractivity contribution in [3.63, 3.8) is 0 Å². The summed E-state index contributed by atoms with van der Waals surface area (Å²) in [7, 11) is 0. The van der Waals surface area contributed by atoms with Gasteiger partial charge in [-0.1, -0.05) is 37.6 Å². The zero-order valence-corrected chi connectivity index (χ0v) is 19.8. The van der Waals surface area contributed by atoms with Crippen LogP contribution in [-0.2, 0) is 10.3 Å². The van der Waals surface area contributed by atoms with Crippen LogP contribution in [0.2, 0.25) is 5.02 Å². The number of rotatable bonds is 4. The van der Waals surface area contributed by atoms with Crippen LogP contribution in [-0.4, -0.2) is 35.8 Å². The second kappa shape index (κ2) is 8.47. The minimum absolute atomic E-state index is 0.0383. The fraction of sp³-hybridized carbons (Fsp3) is 0.346. The third kappa shape index (κ3) is 3.64. The Labute approximate surface area is 202 Å². The van der Waals surface area contributed by atoms with E-state index in [-0.39, 0.29) is 17.7 Å². The van der Waals surface area contributed by atoms with Crippen molar-refractivity contribution in [1.82, 2.24) is 15.5 Å². The second-order valence-electron chi connectivity index (χ2n) is 9.35. The summed E-state index contributed by atoms with van der Waals surface area (Å²) in [5.74, 6) is -0.264. The number of hydrogen-bond donors (Lipinski definition) is 2. The number of urea groups is 1. The molecule has 2 aromatic carbocycles. The number of carbonyl (C=O) groups excluding carboxylic acids is 3. The number of nitrogens with zero attached hydrogens (tertiary/aromatic N) is 1. The van der Waals surface area contributed by atoms with E-state index >= 15 is 0 Å². The molecule has 176 valence electrons. The van der Waals surface area contributed by atoms with Crippen molar-refractivity contribution in [1.29, 1.82) is 0 Å². The molecule has 0 spiro atoms. The maximum absolute atomic E-state index is 13.2. The molecular formula is C26H26ClN3O4. The Morgan fingerprint density at radius 3 is 2.44 bits per heavy atom. The van der Waals surface area contributed by atoms with Crippen molar-refractivity contribution in [3.8, 4) is 0 Å². The highest BCUT2D eigenvalue weighted by atomic mass is 35.5. The third-order valence-electron chi connectivity index (χ3n) is 7.14. The van der Waals surface area contributed by atoms with E-state index in [0.29, 0.717) is 35.2 Å². The molecule has 34 heavy (non-hydrogen) atoms. The van der Waals surface area contributed by atoms with Gasteiger partial charge in [-0.15, -0.1) is 0 Å². The van der Waals surface area contributed by atoms with Gasteiger partial charge in [-0.3, -0.25) is 14.9 Å². The normalized spacial score (nSPS) is 21.2. The number of benzene rings is 2. The first-order valence-electron chi connectivity index (χ1n) is 11.5. The summed E-state index contributed by atoms with van der Waals surface area (Å²) in [6.07, 6.45) is 3.49. The number of likely N-dealkylation sites (tertiary alicyclic amines) is 1. The number of halogens is 1. The summed E-state index contributed by atoms with van der Waals surface area (Å²) in [6.45, 7) is 5.05.